The molecular formula is C22H15Cl2NO4S. The largest absolute Gasteiger partial charge is 0.493 e. The van der Waals surface area contributed by atoms with E-state index in [1.165, 1.54) is 11.3 Å². The van der Waals surface area contributed by atoms with Crippen molar-refractivity contribution in [3.05, 3.63) is 85.7 Å². The van der Waals surface area contributed by atoms with Gasteiger partial charge in [-0.05, 0) is 52.9 Å². The topological polar surface area (TPSA) is 57.1 Å². The second-order valence-corrected chi connectivity index (χ2v) is 8.02. The van der Waals surface area contributed by atoms with Crippen molar-refractivity contribution in [1.29, 1.82) is 0 Å². The maximum Gasteiger partial charge on any atom is 0.363 e. The Kier molecular flexibility index (Phi) is 6.08. The molecule has 2 aromatic carbocycles. The number of halogens is 2. The molecule has 0 radical (unpaired) electrons. The summed E-state index contributed by atoms with van der Waals surface area (Å²) in [5.74, 6) is 0.910. The predicted molar refractivity (Wildman–Crippen MR) is 119 cm³/mol. The Hall–Kier alpha value is -2.80. The fourth-order valence-electron chi connectivity index (χ4n) is 2.76. The summed E-state index contributed by atoms with van der Waals surface area (Å²) >= 11 is 13.4. The van der Waals surface area contributed by atoms with Gasteiger partial charge in [-0.2, -0.15) is 0 Å². The molecule has 2 heterocycles. The van der Waals surface area contributed by atoms with Crippen LogP contribution in [0, 0.1) is 0 Å². The number of nitrogens with zero attached hydrogens (tertiary/aromatic N) is 1. The van der Waals surface area contributed by atoms with Crippen LogP contribution in [0.5, 0.6) is 11.5 Å². The van der Waals surface area contributed by atoms with Crippen molar-refractivity contribution in [3.8, 4) is 11.5 Å². The van der Waals surface area contributed by atoms with E-state index in [2.05, 4.69) is 4.99 Å². The first kappa shape index (κ1) is 20.5. The summed E-state index contributed by atoms with van der Waals surface area (Å²) < 4.78 is 16.5. The normalized spacial score (nSPS) is 14.6. The lowest BCUT2D eigenvalue weighted by Crippen LogP contribution is -2.03. The maximum absolute atomic E-state index is 12.1. The molecule has 3 aromatic rings. The van der Waals surface area contributed by atoms with E-state index in [9.17, 15) is 4.79 Å². The molecule has 30 heavy (non-hydrogen) atoms. The Labute approximate surface area is 187 Å². The average Bonchev–Trinajstić information content (AvgIpc) is 3.40. The van der Waals surface area contributed by atoms with Crippen molar-refractivity contribution in [2.75, 3.05) is 7.11 Å². The highest BCUT2D eigenvalue weighted by Crippen LogP contribution is 2.31. The minimum Gasteiger partial charge on any atom is -0.493 e. The summed E-state index contributed by atoms with van der Waals surface area (Å²) in [5.41, 5.74) is 1.84. The van der Waals surface area contributed by atoms with Crippen LogP contribution in [0.4, 0.5) is 0 Å². The third-order valence-electron chi connectivity index (χ3n) is 4.22. The Morgan fingerprint density at radius 1 is 1.10 bits per heavy atom. The number of benzene rings is 2. The molecule has 0 aliphatic carbocycles. The molecule has 0 spiro atoms. The number of hydrogen-bond acceptors (Lipinski definition) is 6. The zero-order valence-corrected chi connectivity index (χ0v) is 18.1. The van der Waals surface area contributed by atoms with Gasteiger partial charge in [0.25, 0.3) is 0 Å². The van der Waals surface area contributed by atoms with Gasteiger partial charge in [-0.25, -0.2) is 9.79 Å². The van der Waals surface area contributed by atoms with Gasteiger partial charge in [0.1, 0.15) is 6.61 Å². The van der Waals surface area contributed by atoms with Gasteiger partial charge in [-0.1, -0.05) is 41.4 Å². The molecule has 1 aliphatic rings. The molecule has 0 saturated carbocycles. The number of hydrogen-bond donors (Lipinski definition) is 0. The molecule has 0 atom stereocenters. The van der Waals surface area contributed by atoms with E-state index >= 15 is 0 Å². The van der Waals surface area contributed by atoms with Crippen LogP contribution < -0.4 is 9.47 Å². The minimum atomic E-state index is -0.489. The maximum atomic E-state index is 12.1. The standard InChI is InChI=1S/C22H15Cl2NO4S/c1-27-19-11-13(10-17-22(26)29-21(25-17)20-3-2-8-30-20)5-7-18(19)28-12-14-4-6-15(23)16(24)9-14/h2-11H,12H2,1H3. The smallest absolute Gasteiger partial charge is 0.363 e. The summed E-state index contributed by atoms with van der Waals surface area (Å²) in [6, 6.07) is 14.4. The van der Waals surface area contributed by atoms with Crippen LogP contribution in [0.25, 0.3) is 6.08 Å². The van der Waals surface area contributed by atoms with Gasteiger partial charge < -0.3 is 14.2 Å². The van der Waals surface area contributed by atoms with Crippen molar-refractivity contribution in [2.45, 2.75) is 6.61 Å². The molecule has 8 heteroatoms. The van der Waals surface area contributed by atoms with Gasteiger partial charge in [-0.3, -0.25) is 0 Å². The highest BCUT2D eigenvalue weighted by Gasteiger charge is 2.24. The summed E-state index contributed by atoms with van der Waals surface area (Å²) in [7, 11) is 1.55. The van der Waals surface area contributed by atoms with Crippen molar-refractivity contribution >= 4 is 52.5 Å². The molecule has 1 aliphatic heterocycles. The van der Waals surface area contributed by atoms with Crippen LogP contribution in [-0.2, 0) is 16.1 Å². The average molecular weight is 460 g/mol. The van der Waals surface area contributed by atoms with E-state index in [-0.39, 0.29) is 5.70 Å². The van der Waals surface area contributed by atoms with E-state index < -0.39 is 5.97 Å². The Morgan fingerprint density at radius 2 is 1.97 bits per heavy atom. The lowest BCUT2D eigenvalue weighted by atomic mass is 10.1. The number of thiophene rings is 1. The lowest BCUT2D eigenvalue weighted by Gasteiger charge is -2.12. The summed E-state index contributed by atoms with van der Waals surface area (Å²) in [6.07, 6.45) is 1.65. The molecule has 4 rings (SSSR count). The molecule has 0 bridgehead atoms. The third-order valence-corrected chi connectivity index (χ3v) is 5.82. The Morgan fingerprint density at radius 3 is 2.70 bits per heavy atom. The number of carbonyl (C=O) groups excluding carboxylic acids is 1. The van der Waals surface area contributed by atoms with Gasteiger partial charge >= 0.3 is 5.97 Å². The first-order valence-electron chi connectivity index (χ1n) is 8.84. The lowest BCUT2D eigenvalue weighted by molar-refractivity contribution is -0.129. The van der Waals surface area contributed by atoms with Crippen molar-refractivity contribution < 1.29 is 19.0 Å². The highest BCUT2D eigenvalue weighted by atomic mass is 35.5. The molecule has 0 amide bonds. The quantitative estimate of drug-likeness (QED) is 0.335. The minimum absolute atomic E-state index is 0.227. The van der Waals surface area contributed by atoms with E-state index in [0.29, 0.717) is 34.0 Å². The molecule has 0 fully saturated rings. The number of methoxy groups -OCH3 is 1. The number of cyclic esters (lactones) is 1. The van der Waals surface area contributed by atoms with E-state index in [4.69, 9.17) is 37.4 Å². The molecular weight excluding hydrogens is 445 g/mol. The van der Waals surface area contributed by atoms with E-state index in [1.54, 1.807) is 37.5 Å². The molecule has 0 N–H and O–H groups in total. The molecule has 152 valence electrons. The fraction of sp³-hybridized carbons (Fsp3) is 0.0909. The van der Waals surface area contributed by atoms with Gasteiger partial charge in [0.05, 0.1) is 22.0 Å². The van der Waals surface area contributed by atoms with Crippen LogP contribution in [0.2, 0.25) is 10.0 Å². The van der Waals surface area contributed by atoms with Gasteiger partial charge in [0, 0.05) is 0 Å². The first-order valence-corrected chi connectivity index (χ1v) is 10.5. The van der Waals surface area contributed by atoms with Crippen molar-refractivity contribution in [3.63, 3.8) is 0 Å². The second kappa shape index (κ2) is 8.92. The van der Waals surface area contributed by atoms with Crippen LogP contribution in [0.15, 0.2) is 64.6 Å². The SMILES string of the molecule is COc1cc(C=C2N=C(c3cccs3)OC2=O)ccc1OCc1ccc(Cl)c(Cl)c1. The van der Waals surface area contributed by atoms with Crippen LogP contribution >= 0.6 is 34.5 Å². The summed E-state index contributed by atoms with van der Waals surface area (Å²) in [5, 5.41) is 2.86. The summed E-state index contributed by atoms with van der Waals surface area (Å²) in [6.45, 7) is 0.300. The zero-order valence-electron chi connectivity index (χ0n) is 15.7. The van der Waals surface area contributed by atoms with Crippen LogP contribution in [-0.4, -0.2) is 19.0 Å². The number of ether oxygens (including phenoxy) is 3. The van der Waals surface area contributed by atoms with Gasteiger partial charge in [0.2, 0.25) is 5.90 Å². The fourth-order valence-corrected chi connectivity index (χ4v) is 3.73. The molecule has 0 unspecified atom stereocenters. The van der Waals surface area contributed by atoms with Crippen LogP contribution in [0.1, 0.15) is 16.0 Å². The monoisotopic (exact) mass is 459 g/mol. The highest BCUT2D eigenvalue weighted by molar-refractivity contribution is 7.12. The number of aliphatic imine (C=N–C) groups is 1. The Bertz CT molecular complexity index is 1160. The van der Waals surface area contributed by atoms with Gasteiger partial charge in [0.15, 0.2) is 17.2 Å². The van der Waals surface area contributed by atoms with Crippen LogP contribution in [0.3, 0.4) is 0 Å². The number of rotatable bonds is 6. The summed E-state index contributed by atoms with van der Waals surface area (Å²) in [4.78, 5) is 17.2. The third kappa shape index (κ3) is 4.51. The molecule has 1 aromatic heterocycles. The first-order chi connectivity index (χ1) is 14.5. The molecule has 5 nitrogen and oxygen atoms in total. The number of carbonyl (C=O) groups is 1. The second-order valence-electron chi connectivity index (χ2n) is 6.26. The predicted octanol–water partition coefficient (Wildman–Crippen LogP) is 5.99. The number of esters is 1. The van der Waals surface area contributed by atoms with Crippen molar-refractivity contribution in [1.82, 2.24) is 0 Å². The van der Waals surface area contributed by atoms with Crippen molar-refractivity contribution in [2.24, 2.45) is 4.99 Å². The van der Waals surface area contributed by atoms with E-state index in [1.807, 2.05) is 29.6 Å². The van der Waals surface area contributed by atoms with E-state index in [0.717, 1.165) is 16.0 Å². The zero-order chi connectivity index (χ0) is 21.1. The van der Waals surface area contributed by atoms with Gasteiger partial charge in [-0.15, -0.1) is 11.3 Å². The Balaban J connectivity index is 1.52. The molecule has 0 saturated heterocycles.